The third kappa shape index (κ3) is 3.84. The molecular weight excluding hydrogens is 354 g/mol. The maximum atomic E-state index is 11.9. The number of amides is 1. The second-order valence-electron chi connectivity index (χ2n) is 7.36. The summed E-state index contributed by atoms with van der Waals surface area (Å²) in [5, 5.41) is 23.2. The standard InChI is InChI=1S/C21H23N5O2/c1-3-4-18(27)16-7-12(2)20(26-25-16)17-8-14-11-23-19(9-15(14)10-22-17)24-21(28)13-5-6-13/h7-11,13,18,27H,3-6H2,1-2H3,(H,23,24,28). The Bertz CT molecular complexity index is 1030. The highest BCUT2D eigenvalue weighted by Gasteiger charge is 2.29. The van der Waals surface area contributed by atoms with Crippen molar-refractivity contribution in [1.82, 2.24) is 20.2 Å². The van der Waals surface area contributed by atoms with Gasteiger partial charge in [-0.25, -0.2) is 4.98 Å². The number of hydrogen-bond donors (Lipinski definition) is 2. The first-order chi connectivity index (χ1) is 13.5. The third-order valence-corrected chi connectivity index (χ3v) is 4.95. The summed E-state index contributed by atoms with van der Waals surface area (Å²) in [7, 11) is 0. The van der Waals surface area contributed by atoms with Gasteiger partial charge in [-0.1, -0.05) is 13.3 Å². The molecule has 0 bridgehead atoms. The van der Waals surface area contributed by atoms with Crippen molar-refractivity contribution in [3.05, 3.63) is 41.9 Å². The fourth-order valence-electron chi connectivity index (χ4n) is 3.15. The van der Waals surface area contributed by atoms with E-state index in [9.17, 15) is 9.90 Å². The quantitative estimate of drug-likeness (QED) is 0.681. The molecule has 1 saturated carbocycles. The Kier molecular flexibility index (Phi) is 5.00. The van der Waals surface area contributed by atoms with Crippen LogP contribution in [0.25, 0.3) is 22.2 Å². The number of carbonyl (C=O) groups is 1. The Balaban J connectivity index is 1.59. The van der Waals surface area contributed by atoms with Crippen molar-refractivity contribution < 1.29 is 9.90 Å². The van der Waals surface area contributed by atoms with Gasteiger partial charge in [0, 0.05) is 29.1 Å². The van der Waals surface area contributed by atoms with Gasteiger partial charge in [-0.3, -0.25) is 9.78 Å². The molecule has 1 aliphatic carbocycles. The van der Waals surface area contributed by atoms with Crippen LogP contribution in [0.1, 0.15) is 50.0 Å². The summed E-state index contributed by atoms with van der Waals surface area (Å²) in [4.78, 5) is 20.8. The van der Waals surface area contributed by atoms with Crippen molar-refractivity contribution in [3.63, 3.8) is 0 Å². The first-order valence-electron chi connectivity index (χ1n) is 9.64. The zero-order chi connectivity index (χ0) is 19.7. The van der Waals surface area contributed by atoms with Crippen molar-refractivity contribution in [2.45, 2.75) is 45.6 Å². The molecule has 0 spiro atoms. The molecule has 28 heavy (non-hydrogen) atoms. The van der Waals surface area contributed by atoms with Crippen molar-refractivity contribution in [2.75, 3.05) is 5.32 Å². The number of carbonyl (C=O) groups excluding carboxylic acids is 1. The SMILES string of the molecule is CCCC(O)c1cc(C)c(-c2cc3cnc(NC(=O)C4CC4)cc3cn2)nn1. The van der Waals surface area contributed by atoms with Gasteiger partial charge >= 0.3 is 0 Å². The van der Waals surface area contributed by atoms with Crippen LogP contribution in [0.3, 0.4) is 0 Å². The maximum absolute atomic E-state index is 11.9. The zero-order valence-corrected chi connectivity index (χ0v) is 16.0. The summed E-state index contributed by atoms with van der Waals surface area (Å²) < 4.78 is 0. The second-order valence-corrected chi connectivity index (χ2v) is 7.36. The van der Waals surface area contributed by atoms with E-state index in [4.69, 9.17) is 0 Å². The predicted molar refractivity (Wildman–Crippen MR) is 107 cm³/mol. The Morgan fingerprint density at radius 1 is 1.18 bits per heavy atom. The number of aromatic nitrogens is 4. The Labute approximate surface area is 163 Å². The van der Waals surface area contributed by atoms with Crippen LogP contribution < -0.4 is 5.32 Å². The molecule has 0 radical (unpaired) electrons. The van der Waals surface area contributed by atoms with Crippen molar-refractivity contribution in [1.29, 1.82) is 0 Å². The van der Waals surface area contributed by atoms with Crippen LogP contribution >= 0.6 is 0 Å². The van der Waals surface area contributed by atoms with E-state index in [2.05, 4.69) is 25.5 Å². The number of pyridine rings is 2. The van der Waals surface area contributed by atoms with Crippen molar-refractivity contribution in [3.8, 4) is 11.4 Å². The highest BCUT2D eigenvalue weighted by molar-refractivity contribution is 5.95. The molecule has 1 fully saturated rings. The molecule has 144 valence electrons. The van der Waals surface area contributed by atoms with Crippen LogP contribution in [0, 0.1) is 12.8 Å². The molecule has 1 aliphatic rings. The van der Waals surface area contributed by atoms with Gasteiger partial charge in [0.1, 0.15) is 11.5 Å². The van der Waals surface area contributed by atoms with E-state index in [-0.39, 0.29) is 11.8 Å². The molecular formula is C21H23N5O2. The number of aliphatic hydroxyl groups is 1. The van der Waals surface area contributed by atoms with Gasteiger partial charge in [-0.2, -0.15) is 5.10 Å². The molecule has 7 nitrogen and oxygen atoms in total. The summed E-state index contributed by atoms with van der Waals surface area (Å²) in [5.41, 5.74) is 2.88. The Morgan fingerprint density at radius 2 is 1.93 bits per heavy atom. The molecule has 0 saturated heterocycles. The van der Waals surface area contributed by atoms with E-state index in [0.717, 1.165) is 35.6 Å². The number of nitrogens with zero attached hydrogens (tertiary/aromatic N) is 4. The topological polar surface area (TPSA) is 101 Å². The van der Waals surface area contributed by atoms with Gasteiger partial charge < -0.3 is 10.4 Å². The monoisotopic (exact) mass is 377 g/mol. The normalized spacial score (nSPS) is 14.8. The summed E-state index contributed by atoms with van der Waals surface area (Å²) in [6, 6.07) is 5.60. The van der Waals surface area contributed by atoms with Crippen LogP contribution in [0.5, 0.6) is 0 Å². The summed E-state index contributed by atoms with van der Waals surface area (Å²) >= 11 is 0. The lowest BCUT2D eigenvalue weighted by Gasteiger charge is -2.11. The number of hydrogen-bond acceptors (Lipinski definition) is 6. The molecule has 1 atom stereocenters. The van der Waals surface area contributed by atoms with Crippen molar-refractivity contribution >= 4 is 22.5 Å². The molecule has 2 N–H and O–H groups in total. The molecule has 0 aliphatic heterocycles. The van der Waals surface area contributed by atoms with E-state index in [1.807, 2.05) is 32.0 Å². The zero-order valence-electron chi connectivity index (χ0n) is 16.0. The van der Waals surface area contributed by atoms with E-state index >= 15 is 0 Å². The van der Waals surface area contributed by atoms with E-state index in [1.54, 1.807) is 12.4 Å². The molecule has 3 heterocycles. The largest absolute Gasteiger partial charge is 0.387 e. The number of nitrogens with one attached hydrogen (secondary N) is 1. The number of aliphatic hydroxyl groups excluding tert-OH is 1. The third-order valence-electron chi connectivity index (χ3n) is 4.95. The smallest absolute Gasteiger partial charge is 0.228 e. The average molecular weight is 377 g/mol. The highest BCUT2D eigenvalue weighted by Crippen LogP contribution is 2.30. The van der Waals surface area contributed by atoms with Gasteiger partial charge in [0.05, 0.1) is 17.5 Å². The number of anilines is 1. The van der Waals surface area contributed by atoms with Crippen LogP contribution in [-0.2, 0) is 4.79 Å². The van der Waals surface area contributed by atoms with E-state index in [1.165, 1.54) is 0 Å². The predicted octanol–water partition coefficient (Wildman–Crippen LogP) is 3.58. The number of fused-ring (bicyclic) bond motifs is 1. The molecule has 0 aromatic carbocycles. The lowest BCUT2D eigenvalue weighted by molar-refractivity contribution is -0.117. The highest BCUT2D eigenvalue weighted by atomic mass is 16.3. The fourth-order valence-corrected chi connectivity index (χ4v) is 3.15. The Morgan fingerprint density at radius 3 is 2.64 bits per heavy atom. The molecule has 1 amide bonds. The average Bonchev–Trinajstić information content (AvgIpc) is 3.53. The molecule has 3 aromatic heterocycles. The van der Waals surface area contributed by atoms with Gasteiger partial charge in [-0.15, -0.1) is 5.10 Å². The van der Waals surface area contributed by atoms with Crippen LogP contribution in [0.15, 0.2) is 30.6 Å². The van der Waals surface area contributed by atoms with Crippen molar-refractivity contribution in [2.24, 2.45) is 5.92 Å². The van der Waals surface area contributed by atoms with Gasteiger partial charge in [0.15, 0.2) is 0 Å². The van der Waals surface area contributed by atoms with Gasteiger partial charge in [0.2, 0.25) is 5.91 Å². The number of aryl methyl sites for hydroxylation is 1. The van der Waals surface area contributed by atoms with Crippen LogP contribution in [0.2, 0.25) is 0 Å². The molecule has 4 rings (SSSR count). The van der Waals surface area contributed by atoms with Crippen LogP contribution in [0.4, 0.5) is 5.82 Å². The minimum atomic E-state index is -0.594. The van der Waals surface area contributed by atoms with Gasteiger partial charge in [-0.05, 0) is 49.9 Å². The summed E-state index contributed by atoms with van der Waals surface area (Å²) in [6.07, 6.45) is 6.34. The molecule has 1 unspecified atom stereocenters. The molecule has 3 aromatic rings. The summed E-state index contributed by atoms with van der Waals surface area (Å²) in [5.74, 6) is 0.718. The van der Waals surface area contributed by atoms with E-state index < -0.39 is 6.10 Å². The number of rotatable bonds is 6. The second kappa shape index (κ2) is 7.59. The van der Waals surface area contributed by atoms with Gasteiger partial charge in [0.25, 0.3) is 0 Å². The maximum Gasteiger partial charge on any atom is 0.228 e. The Hall–Kier alpha value is -2.93. The first kappa shape index (κ1) is 18.4. The first-order valence-corrected chi connectivity index (χ1v) is 9.64. The summed E-state index contributed by atoms with van der Waals surface area (Å²) in [6.45, 7) is 3.96. The minimum absolute atomic E-state index is 0.0349. The molecule has 7 heteroatoms. The lowest BCUT2D eigenvalue weighted by atomic mass is 10.1. The van der Waals surface area contributed by atoms with E-state index in [0.29, 0.717) is 29.3 Å². The minimum Gasteiger partial charge on any atom is -0.387 e. The lowest BCUT2D eigenvalue weighted by Crippen LogP contribution is -2.14. The fraction of sp³-hybridized carbons (Fsp3) is 0.381. The van der Waals surface area contributed by atoms with Crippen LogP contribution in [-0.4, -0.2) is 31.2 Å².